The highest BCUT2D eigenvalue weighted by Crippen LogP contribution is 2.21. The third-order valence-corrected chi connectivity index (χ3v) is 3.78. The molecule has 0 saturated heterocycles. The van der Waals surface area contributed by atoms with Crippen LogP contribution < -0.4 is 10.2 Å². The van der Waals surface area contributed by atoms with E-state index < -0.39 is 0 Å². The van der Waals surface area contributed by atoms with E-state index in [1.807, 2.05) is 39.8 Å². The first-order valence-corrected chi connectivity index (χ1v) is 7.02. The second-order valence-electron chi connectivity index (χ2n) is 4.68. The van der Waals surface area contributed by atoms with Gasteiger partial charge >= 0.3 is 0 Å². The van der Waals surface area contributed by atoms with E-state index in [0.29, 0.717) is 16.5 Å². The maximum absolute atomic E-state index is 12.2. The minimum Gasteiger partial charge on any atom is -0.347 e. The summed E-state index contributed by atoms with van der Waals surface area (Å²) in [6, 6.07) is 0. The maximum Gasteiger partial charge on any atom is 0.267 e. The van der Waals surface area contributed by atoms with E-state index in [1.165, 1.54) is 11.3 Å². The standard InChI is InChI=1S/C13H17N5OS/c1-7-10(8(2)16-13(15-7)18(4)5)17-12(19)11-9(3)14-6-20-11/h6H,1-5H3,(H,17,19). The predicted molar refractivity (Wildman–Crippen MR) is 80.6 cm³/mol. The average molecular weight is 291 g/mol. The number of anilines is 2. The van der Waals surface area contributed by atoms with E-state index in [-0.39, 0.29) is 5.91 Å². The summed E-state index contributed by atoms with van der Waals surface area (Å²) in [5, 5.41) is 2.88. The Morgan fingerprint density at radius 1 is 1.15 bits per heavy atom. The quantitative estimate of drug-likeness (QED) is 0.938. The van der Waals surface area contributed by atoms with Crippen LogP contribution in [0.5, 0.6) is 0 Å². The normalized spacial score (nSPS) is 10.4. The molecule has 7 heteroatoms. The van der Waals surface area contributed by atoms with Crippen molar-refractivity contribution < 1.29 is 4.79 Å². The zero-order chi connectivity index (χ0) is 14.9. The molecule has 0 spiro atoms. The molecule has 2 aromatic heterocycles. The van der Waals surface area contributed by atoms with E-state index in [1.54, 1.807) is 5.51 Å². The van der Waals surface area contributed by atoms with Crippen LogP contribution >= 0.6 is 11.3 Å². The van der Waals surface area contributed by atoms with Crippen molar-refractivity contribution in [1.82, 2.24) is 15.0 Å². The zero-order valence-corrected chi connectivity index (χ0v) is 13.0. The summed E-state index contributed by atoms with van der Waals surface area (Å²) in [6.45, 7) is 5.53. The molecule has 0 atom stereocenters. The molecule has 0 fully saturated rings. The van der Waals surface area contributed by atoms with Crippen LogP contribution in [0.25, 0.3) is 0 Å². The Morgan fingerprint density at radius 3 is 2.20 bits per heavy atom. The number of aromatic nitrogens is 3. The molecule has 0 unspecified atom stereocenters. The van der Waals surface area contributed by atoms with Gasteiger partial charge in [-0.05, 0) is 20.8 Å². The molecule has 0 bridgehead atoms. The van der Waals surface area contributed by atoms with Crippen molar-refractivity contribution in [1.29, 1.82) is 0 Å². The van der Waals surface area contributed by atoms with Gasteiger partial charge in [-0.25, -0.2) is 15.0 Å². The third-order valence-electron chi connectivity index (χ3n) is 2.85. The fourth-order valence-corrected chi connectivity index (χ4v) is 2.47. The largest absolute Gasteiger partial charge is 0.347 e. The molecule has 2 heterocycles. The van der Waals surface area contributed by atoms with Gasteiger partial charge in [-0.15, -0.1) is 11.3 Å². The molecule has 2 rings (SSSR count). The highest BCUT2D eigenvalue weighted by molar-refractivity contribution is 7.12. The molecule has 0 saturated carbocycles. The van der Waals surface area contributed by atoms with E-state index in [0.717, 1.165) is 17.1 Å². The molecule has 0 radical (unpaired) electrons. The summed E-state index contributed by atoms with van der Waals surface area (Å²) in [6.07, 6.45) is 0. The summed E-state index contributed by atoms with van der Waals surface area (Å²) in [7, 11) is 3.76. The fourth-order valence-electron chi connectivity index (χ4n) is 1.77. The lowest BCUT2D eigenvalue weighted by Gasteiger charge is -2.15. The van der Waals surface area contributed by atoms with Gasteiger partial charge in [-0.2, -0.15) is 0 Å². The Balaban J connectivity index is 2.31. The van der Waals surface area contributed by atoms with Gasteiger partial charge in [0.25, 0.3) is 5.91 Å². The summed E-state index contributed by atoms with van der Waals surface area (Å²) in [5.41, 5.74) is 4.55. The third kappa shape index (κ3) is 2.77. The molecular formula is C13H17N5OS. The topological polar surface area (TPSA) is 71.0 Å². The van der Waals surface area contributed by atoms with Crippen LogP contribution in [0.15, 0.2) is 5.51 Å². The SMILES string of the molecule is Cc1ncsc1C(=O)Nc1c(C)nc(N(C)C)nc1C. The second kappa shape index (κ2) is 5.54. The highest BCUT2D eigenvalue weighted by Gasteiger charge is 2.16. The molecule has 0 aliphatic heterocycles. The molecule has 0 aromatic carbocycles. The highest BCUT2D eigenvalue weighted by atomic mass is 32.1. The van der Waals surface area contributed by atoms with Crippen LogP contribution in [0.4, 0.5) is 11.6 Å². The van der Waals surface area contributed by atoms with Gasteiger partial charge in [-0.1, -0.05) is 0 Å². The molecular weight excluding hydrogens is 274 g/mol. The minimum atomic E-state index is -0.169. The Hall–Kier alpha value is -2.02. The monoisotopic (exact) mass is 291 g/mol. The van der Waals surface area contributed by atoms with Crippen LogP contribution in [0.1, 0.15) is 26.8 Å². The summed E-state index contributed by atoms with van der Waals surface area (Å²) < 4.78 is 0. The molecule has 1 N–H and O–H groups in total. The zero-order valence-electron chi connectivity index (χ0n) is 12.2. The van der Waals surface area contributed by atoms with Gasteiger partial charge in [0.05, 0.1) is 28.3 Å². The Labute approximate surface area is 121 Å². The molecule has 1 amide bonds. The lowest BCUT2D eigenvalue weighted by molar-refractivity contribution is 0.102. The number of amides is 1. The molecule has 6 nitrogen and oxygen atoms in total. The number of hydrogen-bond acceptors (Lipinski definition) is 6. The van der Waals surface area contributed by atoms with Crippen LogP contribution in [-0.2, 0) is 0 Å². The van der Waals surface area contributed by atoms with Gasteiger partial charge in [0, 0.05) is 14.1 Å². The predicted octanol–water partition coefficient (Wildman–Crippen LogP) is 2.18. The van der Waals surface area contributed by atoms with Crippen molar-refractivity contribution >= 4 is 28.9 Å². The molecule has 20 heavy (non-hydrogen) atoms. The number of nitrogens with zero attached hydrogens (tertiary/aromatic N) is 4. The van der Waals surface area contributed by atoms with Crippen LogP contribution in [-0.4, -0.2) is 35.0 Å². The fraction of sp³-hybridized carbons (Fsp3) is 0.385. The Morgan fingerprint density at radius 2 is 1.75 bits per heavy atom. The first-order chi connectivity index (χ1) is 9.40. The summed E-state index contributed by atoms with van der Waals surface area (Å²) in [5.74, 6) is 0.462. The minimum absolute atomic E-state index is 0.169. The molecule has 106 valence electrons. The number of nitrogens with one attached hydrogen (secondary N) is 1. The second-order valence-corrected chi connectivity index (χ2v) is 5.54. The summed E-state index contributed by atoms with van der Waals surface area (Å²) >= 11 is 1.32. The van der Waals surface area contributed by atoms with E-state index in [2.05, 4.69) is 20.3 Å². The number of carbonyl (C=O) groups is 1. The van der Waals surface area contributed by atoms with Gasteiger partial charge in [0.1, 0.15) is 4.88 Å². The van der Waals surface area contributed by atoms with E-state index in [4.69, 9.17) is 0 Å². The van der Waals surface area contributed by atoms with Gasteiger partial charge < -0.3 is 10.2 Å². The smallest absolute Gasteiger partial charge is 0.267 e. The van der Waals surface area contributed by atoms with Gasteiger partial charge in [-0.3, -0.25) is 4.79 Å². The molecule has 0 aliphatic rings. The number of thiazole rings is 1. The van der Waals surface area contributed by atoms with Crippen molar-refractivity contribution in [3.63, 3.8) is 0 Å². The first kappa shape index (κ1) is 14.4. The number of aryl methyl sites for hydroxylation is 3. The van der Waals surface area contributed by atoms with E-state index in [9.17, 15) is 4.79 Å². The average Bonchev–Trinajstić information content (AvgIpc) is 2.79. The molecule has 0 aliphatic carbocycles. The van der Waals surface area contributed by atoms with Crippen LogP contribution in [0.3, 0.4) is 0 Å². The van der Waals surface area contributed by atoms with Crippen molar-refractivity contribution in [3.05, 3.63) is 27.5 Å². The number of carbonyl (C=O) groups excluding carboxylic acids is 1. The van der Waals surface area contributed by atoms with Gasteiger partial charge in [0.2, 0.25) is 5.95 Å². The van der Waals surface area contributed by atoms with Crippen molar-refractivity contribution in [2.45, 2.75) is 20.8 Å². The van der Waals surface area contributed by atoms with Crippen LogP contribution in [0, 0.1) is 20.8 Å². The van der Waals surface area contributed by atoms with Crippen molar-refractivity contribution in [2.24, 2.45) is 0 Å². The lowest BCUT2D eigenvalue weighted by atomic mass is 10.2. The Bertz CT molecular complexity index is 627. The molecule has 2 aromatic rings. The van der Waals surface area contributed by atoms with Crippen molar-refractivity contribution in [3.8, 4) is 0 Å². The Kier molecular flexibility index (Phi) is 3.99. The van der Waals surface area contributed by atoms with Crippen LogP contribution in [0.2, 0.25) is 0 Å². The number of hydrogen-bond donors (Lipinski definition) is 1. The van der Waals surface area contributed by atoms with Crippen molar-refractivity contribution in [2.75, 3.05) is 24.3 Å². The maximum atomic E-state index is 12.2. The van der Waals surface area contributed by atoms with E-state index >= 15 is 0 Å². The summed E-state index contributed by atoms with van der Waals surface area (Å²) in [4.78, 5) is 27.5. The van der Waals surface area contributed by atoms with Gasteiger partial charge in [0.15, 0.2) is 0 Å². The number of rotatable bonds is 3. The first-order valence-electron chi connectivity index (χ1n) is 6.14. The lowest BCUT2D eigenvalue weighted by Crippen LogP contribution is -2.18.